The van der Waals surface area contributed by atoms with Crippen molar-refractivity contribution in [3.05, 3.63) is 0 Å². The maximum absolute atomic E-state index is 2.12. The molecule has 0 heterocycles. The molecule has 4 unspecified atom stereocenters. The third-order valence-corrected chi connectivity index (χ3v) is 20.4. The van der Waals surface area contributed by atoms with E-state index in [0.717, 1.165) is 0 Å². The molecule has 0 radical (unpaired) electrons. The Hall–Kier alpha value is 0. The maximum Gasteiger partial charge on any atom is -0.0383 e. The van der Waals surface area contributed by atoms with Crippen LogP contribution >= 0.6 is 0 Å². The van der Waals surface area contributed by atoms with E-state index < -0.39 is 0 Å². The second-order valence-electron chi connectivity index (χ2n) is 27.7. The standard InChI is InChI=1S/8C7H12.4C3H8.8C2H6/c2*1-2-7-4-3-6(1)5-7;4*1-2-6-4-7(3-1)5-6;2*1-2-4-7-5-6(7)3-1;4*1-3-2;8*1-2/h8*6-7H,1-5H2;4*3H2,1-2H3;8*1-2H3. The van der Waals surface area contributed by atoms with Crippen LogP contribution in [0, 0.1) is 94.7 Å². The van der Waals surface area contributed by atoms with E-state index in [-0.39, 0.29) is 0 Å². The van der Waals surface area contributed by atoms with Gasteiger partial charge >= 0.3 is 0 Å². The molecular weight excluding hydrogens is 1010 g/mol. The van der Waals surface area contributed by atoms with E-state index in [1.54, 1.807) is 205 Å². The molecule has 20 rings (SSSR count). The van der Waals surface area contributed by atoms with Crippen LogP contribution in [-0.2, 0) is 0 Å². The molecule has 0 N–H and O–H groups in total. The van der Waals surface area contributed by atoms with Gasteiger partial charge in [-0.05, 0) is 172 Å². The lowest BCUT2D eigenvalue weighted by atomic mass is 9.65. The summed E-state index contributed by atoms with van der Waals surface area (Å²) in [5.74, 6) is 18.9. The molecule has 0 aromatic rings. The van der Waals surface area contributed by atoms with Gasteiger partial charge in [0.2, 0.25) is 0 Å². The summed E-state index contributed by atoms with van der Waals surface area (Å²) in [4.78, 5) is 0. The minimum absolute atomic E-state index is 1.17. The van der Waals surface area contributed by atoms with E-state index in [1.165, 1.54) is 172 Å². The van der Waals surface area contributed by atoms with E-state index in [1.807, 2.05) is 111 Å². The number of fused-ring (bicyclic) bond motifs is 14. The lowest BCUT2D eigenvalue weighted by molar-refractivity contribution is 0.115. The topological polar surface area (TPSA) is 0 Å². The summed E-state index contributed by atoms with van der Waals surface area (Å²) in [6, 6.07) is 0. The first-order valence-corrected chi connectivity index (χ1v) is 41.3. The smallest absolute Gasteiger partial charge is 0.0383 e. The maximum atomic E-state index is 2.12. The Morgan fingerprint density at radius 1 is 0.143 bits per heavy atom. The van der Waals surface area contributed by atoms with E-state index >= 15 is 0 Å². The van der Waals surface area contributed by atoms with Gasteiger partial charge in [0.1, 0.15) is 0 Å². The summed E-state index contributed by atoms with van der Waals surface area (Å²) in [6.07, 6.45) is 67.4. The van der Waals surface area contributed by atoms with Crippen LogP contribution in [0.2, 0.25) is 0 Å². The molecule has 20 aliphatic rings. The van der Waals surface area contributed by atoms with Crippen molar-refractivity contribution in [1.29, 1.82) is 0 Å². The molecule has 4 atom stereocenters. The Kier molecular flexibility index (Phi) is 71.0. The summed E-state index contributed by atoms with van der Waals surface area (Å²) in [5, 5.41) is 0. The quantitative estimate of drug-likeness (QED) is 0.227. The summed E-state index contributed by atoms with van der Waals surface area (Å²) in [6.45, 7) is 49.0. The van der Waals surface area contributed by atoms with Gasteiger partial charge in [0.25, 0.3) is 0 Å². The lowest BCUT2D eigenvalue weighted by Gasteiger charge is -2.40. The number of hydrogen-bond donors (Lipinski definition) is 0. The SMILES string of the molecule is C1CC2CC(C1)C2.C1CC2CC(C1)C2.C1CC2CC(C1)C2.C1CC2CC(C1)C2.C1CC2CCC1C2.C1CC2CCC1C2.C1CCC2CC2C1.C1CCC2CC2C1.CC.CC.CC.CC.CC.CC.CC.CC.CCC.CCC.CCC.CCC. The summed E-state index contributed by atoms with van der Waals surface area (Å²) in [7, 11) is 0. The van der Waals surface area contributed by atoms with Crippen LogP contribution in [0.15, 0.2) is 0 Å². The van der Waals surface area contributed by atoms with E-state index in [9.17, 15) is 0 Å². The fourth-order valence-electron chi connectivity index (χ4n) is 16.2. The van der Waals surface area contributed by atoms with Crippen molar-refractivity contribution < 1.29 is 0 Å². The Morgan fingerprint density at radius 3 is 0.321 bits per heavy atom. The Balaban J connectivity index is -0.000000411. The van der Waals surface area contributed by atoms with Crippen LogP contribution in [0.25, 0.3) is 0 Å². The van der Waals surface area contributed by atoms with Gasteiger partial charge in [-0.1, -0.05) is 372 Å². The second-order valence-corrected chi connectivity index (χ2v) is 27.7. The van der Waals surface area contributed by atoms with Crippen LogP contribution in [-0.4, -0.2) is 0 Å². The summed E-state index contributed by atoms with van der Waals surface area (Å²) >= 11 is 0. The predicted molar refractivity (Wildman–Crippen MR) is 395 cm³/mol. The van der Waals surface area contributed by atoms with Crippen LogP contribution in [0.1, 0.15) is 449 Å². The number of hydrogen-bond acceptors (Lipinski definition) is 0. The lowest BCUT2D eigenvalue weighted by Crippen LogP contribution is -2.28. The van der Waals surface area contributed by atoms with Crippen LogP contribution in [0.5, 0.6) is 0 Å². The van der Waals surface area contributed by atoms with Crippen molar-refractivity contribution in [3.8, 4) is 0 Å². The third kappa shape index (κ3) is 44.5. The van der Waals surface area contributed by atoms with Crippen molar-refractivity contribution in [1.82, 2.24) is 0 Å². The molecule has 0 aliphatic heterocycles. The Labute approximate surface area is 540 Å². The normalized spacial score (nSPS) is 33.4. The zero-order valence-corrected chi connectivity index (χ0v) is 64.4. The zero-order valence-electron chi connectivity index (χ0n) is 64.4. The van der Waals surface area contributed by atoms with Crippen LogP contribution in [0.3, 0.4) is 0 Å². The summed E-state index contributed by atoms with van der Waals surface area (Å²) < 4.78 is 0. The van der Waals surface area contributed by atoms with Gasteiger partial charge < -0.3 is 0 Å². The molecule has 512 valence electrons. The molecule has 0 aromatic carbocycles. The van der Waals surface area contributed by atoms with Crippen molar-refractivity contribution in [2.24, 2.45) is 94.7 Å². The molecule has 20 saturated carbocycles. The highest BCUT2D eigenvalue weighted by Gasteiger charge is 2.39. The van der Waals surface area contributed by atoms with Gasteiger partial charge in [-0.25, -0.2) is 0 Å². The molecule has 0 aromatic heterocycles. The van der Waals surface area contributed by atoms with Gasteiger partial charge in [-0.2, -0.15) is 0 Å². The van der Waals surface area contributed by atoms with Crippen molar-refractivity contribution in [2.75, 3.05) is 0 Å². The third-order valence-electron chi connectivity index (χ3n) is 20.4. The van der Waals surface area contributed by atoms with E-state index in [2.05, 4.69) is 55.4 Å². The molecular formula is C84H176. The minimum atomic E-state index is 1.17. The van der Waals surface area contributed by atoms with Gasteiger partial charge in [-0.3, -0.25) is 0 Å². The Morgan fingerprint density at radius 2 is 0.262 bits per heavy atom. The monoisotopic (exact) mass is 1190 g/mol. The molecule has 0 heteroatoms. The number of rotatable bonds is 0. The highest BCUT2D eigenvalue weighted by Crippen LogP contribution is 2.51. The van der Waals surface area contributed by atoms with E-state index in [4.69, 9.17) is 0 Å². The van der Waals surface area contributed by atoms with Crippen molar-refractivity contribution >= 4 is 0 Å². The summed E-state index contributed by atoms with van der Waals surface area (Å²) in [5.41, 5.74) is 0. The van der Waals surface area contributed by atoms with Crippen molar-refractivity contribution in [3.63, 3.8) is 0 Å². The first-order valence-electron chi connectivity index (χ1n) is 41.3. The van der Waals surface area contributed by atoms with Crippen LogP contribution in [0.4, 0.5) is 0 Å². The largest absolute Gasteiger partial charge is 0.0683 e. The molecule has 20 fully saturated rings. The molecule has 0 saturated heterocycles. The highest BCUT2D eigenvalue weighted by molar-refractivity contribution is 4.90. The van der Waals surface area contributed by atoms with Gasteiger partial charge in [0, 0.05) is 0 Å². The minimum Gasteiger partial charge on any atom is -0.0683 e. The zero-order chi connectivity index (χ0) is 64.4. The second kappa shape index (κ2) is 65.9. The average molecular weight is 1190 g/mol. The molecule has 0 amide bonds. The van der Waals surface area contributed by atoms with Gasteiger partial charge in [0.15, 0.2) is 0 Å². The fraction of sp³-hybridized carbons (Fsp3) is 1.00. The molecule has 0 nitrogen and oxygen atoms in total. The first-order chi connectivity index (χ1) is 41.3. The Bertz CT molecular complexity index is 915. The van der Waals surface area contributed by atoms with Crippen molar-refractivity contribution in [2.45, 2.75) is 449 Å². The highest BCUT2D eigenvalue weighted by atomic mass is 14.4. The molecule has 20 aliphatic carbocycles. The fourth-order valence-corrected chi connectivity index (χ4v) is 16.2. The predicted octanol–water partition coefficient (Wildman–Crippen LogP) is 31.4. The van der Waals surface area contributed by atoms with Gasteiger partial charge in [-0.15, -0.1) is 0 Å². The van der Waals surface area contributed by atoms with E-state index in [0.29, 0.717) is 0 Å². The van der Waals surface area contributed by atoms with Crippen LogP contribution < -0.4 is 0 Å². The first kappa shape index (κ1) is 90.4. The van der Waals surface area contributed by atoms with Gasteiger partial charge in [0.05, 0.1) is 0 Å². The molecule has 12 bridgehead atoms. The molecule has 0 spiro atoms. The molecule has 84 heavy (non-hydrogen) atoms. The average Bonchev–Trinajstić information content (AvgIpc) is 4.38.